The zero-order chi connectivity index (χ0) is 18.7. The number of ether oxygens (including phenoxy) is 1. The number of rotatable bonds is 5. The van der Waals surface area contributed by atoms with Crippen LogP contribution in [0.15, 0.2) is 29.2 Å². The summed E-state index contributed by atoms with van der Waals surface area (Å²) in [4.78, 5) is 24.4. The van der Waals surface area contributed by atoms with Crippen LogP contribution < -0.4 is 5.14 Å². The van der Waals surface area contributed by atoms with Gasteiger partial charge in [0.1, 0.15) is 11.6 Å². The molecule has 3 N–H and O–H groups in total. The van der Waals surface area contributed by atoms with Gasteiger partial charge in [0.15, 0.2) is 0 Å². The Balaban J connectivity index is 3.03. The topological polar surface area (TPSA) is 127 Å². The molecule has 0 aliphatic heterocycles. The Kier molecular flexibility index (Phi) is 5.96. The van der Waals surface area contributed by atoms with E-state index < -0.39 is 33.7 Å². The summed E-state index contributed by atoms with van der Waals surface area (Å²) < 4.78 is 27.9. The molecule has 0 radical (unpaired) electrons. The highest BCUT2D eigenvalue weighted by atomic mass is 32.2. The van der Waals surface area contributed by atoms with E-state index >= 15 is 0 Å². The number of amides is 1. The van der Waals surface area contributed by atoms with Gasteiger partial charge in [-0.2, -0.15) is 0 Å². The molecule has 134 valence electrons. The quantitative estimate of drug-likeness (QED) is 0.814. The fourth-order valence-electron chi connectivity index (χ4n) is 1.92. The Labute approximate surface area is 141 Å². The number of carboxylic acid groups (broad SMARTS) is 1. The number of carboxylic acids is 1. The number of carbonyl (C=O) groups excluding carboxylic acids is 1. The van der Waals surface area contributed by atoms with Crippen molar-refractivity contribution in [2.45, 2.75) is 43.7 Å². The third-order valence-corrected chi connectivity index (χ3v) is 4.00. The van der Waals surface area contributed by atoms with E-state index in [2.05, 4.69) is 0 Å². The van der Waals surface area contributed by atoms with Gasteiger partial charge in [0.2, 0.25) is 10.0 Å². The van der Waals surface area contributed by atoms with Gasteiger partial charge in [0.05, 0.1) is 4.90 Å². The summed E-state index contributed by atoms with van der Waals surface area (Å²) in [5.74, 6) is -1.23. The van der Waals surface area contributed by atoms with Crippen LogP contribution in [0.3, 0.4) is 0 Å². The lowest BCUT2D eigenvalue weighted by molar-refractivity contribution is -0.142. The Morgan fingerprint density at radius 2 is 1.92 bits per heavy atom. The number of nitrogens with two attached hydrogens (primary N) is 1. The van der Waals surface area contributed by atoms with Crippen molar-refractivity contribution in [3.8, 4) is 0 Å². The number of carbonyl (C=O) groups is 2. The van der Waals surface area contributed by atoms with Crippen molar-refractivity contribution in [3.63, 3.8) is 0 Å². The molecule has 8 nitrogen and oxygen atoms in total. The molecule has 1 rings (SSSR count). The van der Waals surface area contributed by atoms with Gasteiger partial charge < -0.3 is 9.84 Å². The molecule has 0 aliphatic rings. The van der Waals surface area contributed by atoms with Gasteiger partial charge in [-0.15, -0.1) is 0 Å². The van der Waals surface area contributed by atoms with Gasteiger partial charge in [0.25, 0.3) is 0 Å². The number of primary sulfonamides is 1. The molecule has 1 aromatic carbocycles. The lowest BCUT2D eigenvalue weighted by atomic mass is 10.1. The van der Waals surface area contributed by atoms with Gasteiger partial charge in [-0.05, 0) is 38.5 Å². The van der Waals surface area contributed by atoms with Crippen LogP contribution in [0.4, 0.5) is 4.79 Å². The standard InChI is InChI=1S/C15H22N2O6S/c1-15(2,3)23-14(20)17(4)12(13(18)19)9-10-6-5-7-11(8-10)24(16,21)22/h5-8,12H,9H2,1-4H3,(H,18,19)(H2,16,21,22)/t12-/m1/s1. The number of nitrogens with zero attached hydrogens (tertiary/aromatic N) is 1. The van der Waals surface area contributed by atoms with Crippen molar-refractivity contribution in [1.82, 2.24) is 4.90 Å². The van der Waals surface area contributed by atoms with Gasteiger partial charge in [-0.25, -0.2) is 23.1 Å². The second kappa shape index (κ2) is 7.18. The van der Waals surface area contributed by atoms with E-state index in [4.69, 9.17) is 9.88 Å². The molecular weight excluding hydrogens is 336 g/mol. The van der Waals surface area contributed by atoms with E-state index in [-0.39, 0.29) is 11.3 Å². The Hall–Kier alpha value is -2.13. The molecule has 0 aliphatic carbocycles. The second-order valence-corrected chi connectivity index (χ2v) is 7.90. The lowest BCUT2D eigenvalue weighted by Crippen LogP contribution is -2.46. The van der Waals surface area contributed by atoms with Crippen LogP contribution in [0.2, 0.25) is 0 Å². The minimum atomic E-state index is -3.89. The lowest BCUT2D eigenvalue weighted by Gasteiger charge is -2.28. The molecule has 0 spiro atoms. The van der Waals surface area contributed by atoms with Gasteiger partial charge in [0, 0.05) is 13.5 Å². The molecule has 1 aromatic rings. The first-order chi connectivity index (χ1) is 10.8. The third-order valence-electron chi connectivity index (χ3n) is 3.09. The summed E-state index contributed by atoms with van der Waals surface area (Å²) in [5.41, 5.74) is -0.341. The van der Waals surface area contributed by atoms with E-state index in [0.717, 1.165) is 4.90 Å². The molecular formula is C15H22N2O6S. The van der Waals surface area contributed by atoms with Gasteiger partial charge in [-0.3, -0.25) is 4.90 Å². The van der Waals surface area contributed by atoms with Crippen molar-refractivity contribution >= 4 is 22.1 Å². The fourth-order valence-corrected chi connectivity index (χ4v) is 2.51. The van der Waals surface area contributed by atoms with Crippen LogP contribution in [0.1, 0.15) is 26.3 Å². The molecule has 0 saturated carbocycles. The molecule has 0 bridgehead atoms. The summed E-state index contributed by atoms with van der Waals surface area (Å²) in [5, 5.41) is 14.5. The maximum Gasteiger partial charge on any atom is 0.410 e. The number of hydrogen-bond donors (Lipinski definition) is 2. The maximum absolute atomic E-state index is 12.0. The fraction of sp³-hybridized carbons (Fsp3) is 0.467. The zero-order valence-corrected chi connectivity index (χ0v) is 14.8. The van der Waals surface area contributed by atoms with Crippen LogP contribution in [-0.2, 0) is 26.0 Å². The summed E-state index contributed by atoms with van der Waals surface area (Å²) in [6.45, 7) is 5.01. The molecule has 0 heterocycles. The van der Waals surface area contributed by atoms with Crippen LogP contribution in [0.5, 0.6) is 0 Å². The van der Waals surface area contributed by atoms with Crippen molar-refractivity contribution in [2.75, 3.05) is 7.05 Å². The van der Waals surface area contributed by atoms with Crippen LogP contribution in [0, 0.1) is 0 Å². The molecule has 24 heavy (non-hydrogen) atoms. The van der Waals surface area contributed by atoms with Crippen molar-refractivity contribution in [3.05, 3.63) is 29.8 Å². The van der Waals surface area contributed by atoms with E-state index in [1.807, 2.05) is 0 Å². The largest absolute Gasteiger partial charge is 0.480 e. The van der Waals surface area contributed by atoms with Gasteiger partial charge in [-0.1, -0.05) is 12.1 Å². The van der Waals surface area contributed by atoms with E-state index in [1.54, 1.807) is 26.8 Å². The maximum atomic E-state index is 12.0. The monoisotopic (exact) mass is 358 g/mol. The summed E-state index contributed by atoms with van der Waals surface area (Å²) >= 11 is 0. The Bertz CT molecular complexity index is 724. The molecule has 1 amide bonds. The van der Waals surface area contributed by atoms with Crippen LogP contribution >= 0.6 is 0 Å². The SMILES string of the molecule is CN(C(=O)OC(C)(C)C)[C@H](Cc1cccc(S(N)(=O)=O)c1)C(=O)O. The summed E-state index contributed by atoms with van der Waals surface area (Å²) in [7, 11) is -2.58. The van der Waals surface area contributed by atoms with Crippen LogP contribution in [-0.4, -0.2) is 49.2 Å². The second-order valence-electron chi connectivity index (χ2n) is 6.34. The number of sulfonamides is 1. The Morgan fingerprint density at radius 3 is 2.38 bits per heavy atom. The van der Waals surface area contributed by atoms with Crippen molar-refractivity contribution in [1.29, 1.82) is 0 Å². The van der Waals surface area contributed by atoms with Crippen molar-refractivity contribution < 1.29 is 27.9 Å². The number of hydrogen-bond acceptors (Lipinski definition) is 5. The van der Waals surface area contributed by atoms with E-state index in [9.17, 15) is 23.1 Å². The normalized spacial score (nSPS) is 13.2. The first-order valence-corrected chi connectivity index (χ1v) is 8.66. The zero-order valence-electron chi connectivity index (χ0n) is 14.0. The average Bonchev–Trinajstić information content (AvgIpc) is 2.41. The minimum absolute atomic E-state index is 0.0889. The number of benzene rings is 1. The molecule has 0 saturated heterocycles. The molecule has 0 aromatic heterocycles. The summed E-state index contributed by atoms with van der Waals surface area (Å²) in [6, 6.07) is 4.41. The van der Waals surface area contributed by atoms with E-state index in [0.29, 0.717) is 5.56 Å². The number of likely N-dealkylation sites (N-methyl/N-ethyl adjacent to an activating group) is 1. The first-order valence-electron chi connectivity index (χ1n) is 7.11. The average molecular weight is 358 g/mol. The Morgan fingerprint density at radius 1 is 1.33 bits per heavy atom. The first kappa shape index (κ1) is 19.9. The highest BCUT2D eigenvalue weighted by Gasteiger charge is 2.30. The smallest absolute Gasteiger partial charge is 0.410 e. The highest BCUT2D eigenvalue weighted by molar-refractivity contribution is 7.89. The highest BCUT2D eigenvalue weighted by Crippen LogP contribution is 2.16. The molecule has 0 fully saturated rings. The van der Waals surface area contributed by atoms with Crippen LogP contribution in [0.25, 0.3) is 0 Å². The number of aliphatic carboxylic acids is 1. The van der Waals surface area contributed by atoms with Gasteiger partial charge >= 0.3 is 12.1 Å². The third kappa shape index (κ3) is 5.82. The van der Waals surface area contributed by atoms with E-state index in [1.165, 1.54) is 25.2 Å². The predicted molar refractivity (Wildman–Crippen MR) is 86.9 cm³/mol. The molecule has 0 unspecified atom stereocenters. The minimum Gasteiger partial charge on any atom is -0.480 e. The van der Waals surface area contributed by atoms with Crippen molar-refractivity contribution in [2.24, 2.45) is 5.14 Å². The predicted octanol–water partition coefficient (Wildman–Crippen LogP) is 1.20. The molecule has 9 heteroatoms. The molecule has 1 atom stereocenters. The summed E-state index contributed by atoms with van der Waals surface area (Å²) in [6.07, 6.45) is -0.869.